The van der Waals surface area contributed by atoms with Gasteiger partial charge < -0.3 is 10.2 Å². The summed E-state index contributed by atoms with van der Waals surface area (Å²) in [6.45, 7) is 2.15. The van der Waals surface area contributed by atoms with E-state index in [1.54, 1.807) is 0 Å². The van der Waals surface area contributed by atoms with Gasteiger partial charge in [0.2, 0.25) is 0 Å². The molecule has 1 N–H and O–H groups in total. The summed E-state index contributed by atoms with van der Waals surface area (Å²) in [7, 11) is 1.86. The van der Waals surface area contributed by atoms with Gasteiger partial charge in [0.15, 0.2) is 0 Å². The Hall–Kier alpha value is -1.14. The van der Waals surface area contributed by atoms with Crippen molar-refractivity contribution in [3.05, 3.63) is 35.1 Å². The average Bonchev–Trinajstić information content (AvgIpc) is 2.83. The van der Waals surface area contributed by atoms with Gasteiger partial charge in [-0.05, 0) is 44.1 Å². The molecule has 0 spiro atoms. The van der Waals surface area contributed by atoms with Crippen molar-refractivity contribution < 1.29 is 17.6 Å². The van der Waals surface area contributed by atoms with Crippen LogP contribution >= 0.6 is 0 Å². The molecule has 0 aliphatic carbocycles. The molecule has 1 saturated heterocycles. The highest BCUT2D eigenvalue weighted by molar-refractivity contribution is 5.27. The fourth-order valence-corrected chi connectivity index (χ4v) is 2.55. The first-order chi connectivity index (χ1) is 9.36. The van der Waals surface area contributed by atoms with E-state index in [0.717, 1.165) is 38.1 Å². The van der Waals surface area contributed by atoms with E-state index >= 15 is 0 Å². The molecule has 0 amide bonds. The minimum absolute atomic E-state index is 0.377. The van der Waals surface area contributed by atoms with Crippen LogP contribution < -0.4 is 5.32 Å². The van der Waals surface area contributed by atoms with Crippen molar-refractivity contribution in [1.29, 1.82) is 0 Å². The lowest BCUT2D eigenvalue weighted by atomic mass is 10.1. The van der Waals surface area contributed by atoms with E-state index in [1.165, 1.54) is 6.07 Å². The van der Waals surface area contributed by atoms with E-state index in [1.807, 2.05) is 11.9 Å². The summed E-state index contributed by atoms with van der Waals surface area (Å²) in [4.78, 5) is 1.95. The van der Waals surface area contributed by atoms with Gasteiger partial charge >= 0.3 is 6.18 Å². The van der Waals surface area contributed by atoms with Crippen LogP contribution in [0.1, 0.15) is 24.0 Å². The number of halogens is 4. The van der Waals surface area contributed by atoms with Gasteiger partial charge in [-0.3, -0.25) is 0 Å². The Morgan fingerprint density at radius 2 is 2.10 bits per heavy atom. The van der Waals surface area contributed by atoms with Crippen molar-refractivity contribution in [3.63, 3.8) is 0 Å². The molecule has 2 rings (SSSR count). The smallest absolute Gasteiger partial charge is 0.313 e. The molecule has 0 aromatic heterocycles. The zero-order chi connectivity index (χ0) is 14.8. The first-order valence-corrected chi connectivity index (χ1v) is 6.64. The first kappa shape index (κ1) is 15.3. The first-order valence-electron chi connectivity index (χ1n) is 6.64. The minimum Gasteiger partial charge on any atom is -0.313 e. The maximum absolute atomic E-state index is 13.2. The van der Waals surface area contributed by atoms with Gasteiger partial charge in [0, 0.05) is 19.1 Å². The second-order valence-electron chi connectivity index (χ2n) is 5.30. The van der Waals surface area contributed by atoms with Gasteiger partial charge in [0.05, 0.1) is 5.56 Å². The van der Waals surface area contributed by atoms with Crippen LogP contribution in [0.4, 0.5) is 17.6 Å². The Labute approximate surface area is 115 Å². The van der Waals surface area contributed by atoms with Gasteiger partial charge in [-0.15, -0.1) is 0 Å². The van der Waals surface area contributed by atoms with Crippen LogP contribution in [0.2, 0.25) is 0 Å². The molecular formula is C14H18F4N2. The predicted octanol–water partition coefficient (Wildman–Crippen LogP) is 3.03. The molecule has 1 aliphatic rings. The number of hydrogen-bond donors (Lipinski definition) is 1. The number of nitrogens with one attached hydrogen (secondary N) is 1. The molecule has 2 nitrogen and oxygen atoms in total. The molecule has 1 unspecified atom stereocenters. The molecule has 0 bridgehead atoms. The highest BCUT2D eigenvalue weighted by Gasteiger charge is 2.34. The number of benzene rings is 1. The quantitative estimate of drug-likeness (QED) is 0.858. The van der Waals surface area contributed by atoms with E-state index in [0.29, 0.717) is 18.2 Å². The third kappa shape index (κ3) is 3.93. The topological polar surface area (TPSA) is 15.3 Å². The second kappa shape index (κ2) is 6.10. The van der Waals surface area contributed by atoms with Crippen molar-refractivity contribution >= 4 is 0 Å². The van der Waals surface area contributed by atoms with Gasteiger partial charge in [0.25, 0.3) is 0 Å². The van der Waals surface area contributed by atoms with Crippen LogP contribution in [0.3, 0.4) is 0 Å². The molecule has 1 heterocycles. The molecule has 0 saturated carbocycles. The molecule has 6 heteroatoms. The largest absolute Gasteiger partial charge is 0.419 e. The number of nitrogens with zero attached hydrogens (tertiary/aromatic N) is 1. The summed E-state index contributed by atoms with van der Waals surface area (Å²) in [6, 6.07) is 3.58. The number of rotatable bonds is 4. The van der Waals surface area contributed by atoms with E-state index in [-0.39, 0.29) is 0 Å². The number of alkyl halides is 3. The zero-order valence-corrected chi connectivity index (χ0v) is 11.3. The van der Waals surface area contributed by atoms with E-state index < -0.39 is 17.6 Å². The molecular weight excluding hydrogens is 272 g/mol. The Morgan fingerprint density at radius 3 is 2.70 bits per heavy atom. The van der Waals surface area contributed by atoms with E-state index in [9.17, 15) is 17.6 Å². The molecule has 20 heavy (non-hydrogen) atoms. The summed E-state index contributed by atoms with van der Waals surface area (Å²) in [5.41, 5.74) is -0.721. The summed E-state index contributed by atoms with van der Waals surface area (Å²) in [5, 5.41) is 3.34. The lowest BCUT2D eigenvalue weighted by molar-refractivity contribution is -0.140. The highest BCUT2D eigenvalue weighted by Crippen LogP contribution is 2.32. The van der Waals surface area contributed by atoms with Gasteiger partial charge in [-0.25, -0.2) is 4.39 Å². The summed E-state index contributed by atoms with van der Waals surface area (Å²) < 4.78 is 51.1. The monoisotopic (exact) mass is 290 g/mol. The lowest BCUT2D eigenvalue weighted by Gasteiger charge is -2.21. The molecule has 0 radical (unpaired) electrons. The van der Waals surface area contributed by atoms with E-state index in [4.69, 9.17) is 0 Å². The fraction of sp³-hybridized carbons (Fsp3) is 0.571. The second-order valence-corrected chi connectivity index (χ2v) is 5.30. The summed E-state index contributed by atoms with van der Waals surface area (Å²) >= 11 is 0. The molecule has 1 aliphatic heterocycles. The van der Waals surface area contributed by atoms with Crippen LogP contribution in [0.25, 0.3) is 0 Å². The van der Waals surface area contributed by atoms with Crippen molar-refractivity contribution in [3.8, 4) is 0 Å². The van der Waals surface area contributed by atoms with Crippen LogP contribution in [0, 0.1) is 5.82 Å². The Morgan fingerprint density at radius 1 is 1.35 bits per heavy atom. The minimum atomic E-state index is -4.65. The Balaban J connectivity index is 2.01. The lowest BCUT2D eigenvalue weighted by Crippen LogP contribution is -2.35. The van der Waals surface area contributed by atoms with Gasteiger partial charge in [-0.2, -0.15) is 13.2 Å². The van der Waals surface area contributed by atoms with Crippen molar-refractivity contribution in [2.45, 2.75) is 31.6 Å². The van der Waals surface area contributed by atoms with Crippen molar-refractivity contribution in [2.24, 2.45) is 0 Å². The van der Waals surface area contributed by atoms with Crippen LogP contribution in [-0.2, 0) is 12.7 Å². The summed E-state index contributed by atoms with van der Waals surface area (Å²) in [6.07, 6.45) is -2.43. The van der Waals surface area contributed by atoms with Gasteiger partial charge in [0.1, 0.15) is 5.82 Å². The molecule has 112 valence electrons. The van der Waals surface area contributed by atoms with Gasteiger partial charge in [-0.1, -0.05) is 6.07 Å². The highest BCUT2D eigenvalue weighted by atomic mass is 19.4. The third-order valence-electron chi connectivity index (χ3n) is 3.48. The Bertz CT molecular complexity index is 453. The molecule has 1 fully saturated rings. The predicted molar refractivity (Wildman–Crippen MR) is 68.8 cm³/mol. The zero-order valence-electron chi connectivity index (χ0n) is 11.3. The number of hydrogen-bond acceptors (Lipinski definition) is 2. The normalized spacial score (nSPS) is 19.8. The third-order valence-corrected chi connectivity index (χ3v) is 3.48. The van der Waals surface area contributed by atoms with Crippen LogP contribution in [0.5, 0.6) is 0 Å². The van der Waals surface area contributed by atoms with Crippen molar-refractivity contribution in [1.82, 2.24) is 10.2 Å². The fourth-order valence-electron chi connectivity index (χ4n) is 2.55. The molecule has 1 aromatic rings. The molecule has 1 aromatic carbocycles. The van der Waals surface area contributed by atoms with E-state index in [2.05, 4.69) is 5.32 Å². The molecule has 1 atom stereocenters. The van der Waals surface area contributed by atoms with Crippen LogP contribution in [0.15, 0.2) is 18.2 Å². The van der Waals surface area contributed by atoms with Crippen LogP contribution in [-0.4, -0.2) is 31.1 Å². The standard InChI is InChI=1S/C14H18F4N2/c1-20(9-11-3-2-6-19-11)8-10-4-5-13(15)12(7-10)14(16,17)18/h4-5,7,11,19H,2-3,6,8-9H2,1H3. The maximum Gasteiger partial charge on any atom is 0.419 e. The Kier molecular flexibility index (Phi) is 4.65. The maximum atomic E-state index is 13.2. The average molecular weight is 290 g/mol. The summed E-state index contributed by atoms with van der Waals surface area (Å²) in [5.74, 6) is -1.22. The number of likely N-dealkylation sites (N-methyl/N-ethyl adjacent to an activating group) is 1. The SMILES string of the molecule is CN(Cc1ccc(F)c(C(F)(F)F)c1)CC1CCCN1. The van der Waals surface area contributed by atoms with Crippen molar-refractivity contribution in [2.75, 3.05) is 20.1 Å².